The van der Waals surface area contributed by atoms with E-state index in [1.807, 2.05) is 29.2 Å². The lowest BCUT2D eigenvalue weighted by Gasteiger charge is -2.22. The normalized spacial score (nSPS) is 15.4. The predicted molar refractivity (Wildman–Crippen MR) is 109 cm³/mol. The second-order valence-corrected chi connectivity index (χ2v) is 7.31. The Balaban J connectivity index is 1.42. The van der Waals surface area contributed by atoms with Gasteiger partial charge in [0.25, 0.3) is 5.56 Å². The van der Waals surface area contributed by atoms with Gasteiger partial charge >= 0.3 is 0 Å². The maximum atomic E-state index is 13.1. The van der Waals surface area contributed by atoms with Crippen LogP contribution in [0.1, 0.15) is 12.0 Å². The second-order valence-electron chi connectivity index (χ2n) is 7.31. The van der Waals surface area contributed by atoms with E-state index in [0.29, 0.717) is 24.1 Å². The monoisotopic (exact) mass is 394 g/mol. The van der Waals surface area contributed by atoms with Crippen LogP contribution in [0.5, 0.6) is 0 Å². The van der Waals surface area contributed by atoms with Crippen LogP contribution in [0.4, 0.5) is 4.39 Å². The van der Waals surface area contributed by atoms with E-state index < -0.39 is 0 Å². The van der Waals surface area contributed by atoms with Crippen LogP contribution >= 0.6 is 0 Å². The largest absolute Gasteiger partial charge is 0.340 e. The first kappa shape index (κ1) is 19.3. The highest BCUT2D eigenvalue weighted by Crippen LogP contribution is 2.12. The number of rotatable bonds is 4. The molecule has 1 aliphatic heterocycles. The maximum absolute atomic E-state index is 13.1. The van der Waals surface area contributed by atoms with Gasteiger partial charge in [0.2, 0.25) is 5.91 Å². The van der Waals surface area contributed by atoms with E-state index in [1.54, 1.807) is 12.1 Å². The Bertz CT molecular complexity index is 1060. The minimum atomic E-state index is -0.273. The van der Waals surface area contributed by atoms with Crippen LogP contribution in [-0.2, 0) is 17.9 Å². The minimum absolute atomic E-state index is 0.0137. The summed E-state index contributed by atoms with van der Waals surface area (Å²) in [5.74, 6) is -0.299. The van der Waals surface area contributed by atoms with Crippen LogP contribution in [-0.4, -0.2) is 51.4 Å². The summed E-state index contributed by atoms with van der Waals surface area (Å²) in [6, 6.07) is 13.9. The molecule has 2 heterocycles. The number of nitrogens with zero attached hydrogens (tertiary/aromatic N) is 4. The summed E-state index contributed by atoms with van der Waals surface area (Å²) in [7, 11) is 0. The van der Waals surface area contributed by atoms with E-state index in [0.717, 1.165) is 31.6 Å². The molecule has 0 aliphatic carbocycles. The molecule has 1 amide bonds. The van der Waals surface area contributed by atoms with Crippen molar-refractivity contribution in [2.24, 2.45) is 0 Å². The molecular weight excluding hydrogens is 371 g/mol. The van der Waals surface area contributed by atoms with Crippen molar-refractivity contribution in [3.63, 3.8) is 0 Å². The van der Waals surface area contributed by atoms with Gasteiger partial charge in [-0.2, -0.15) is 0 Å². The van der Waals surface area contributed by atoms with Crippen molar-refractivity contribution in [2.75, 3.05) is 26.2 Å². The van der Waals surface area contributed by atoms with Crippen molar-refractivity contribution in [3.05, 3.63) is 76.5 Å². The number of carbonyl (C=O) groups is 1. The second kappa shape index (κ2) is 8.53. The van der Waals surface area contributed by atoms with Gasteiger partial charge in [0, 0.05) is 32.7 Å². The van der Waals surface area contributed by atoms with Gasteiger partial charge in [-0.3, -0.25) is 19.1 Å². The number of hydrogen-bond donors (Lipinski definition) is 0. The third-order valence-electron chi connectivity index (χ3n) is 5.31. The van der Waals surface area contributed by atoms with Gasteiger partial charge in [-0.25, -0.2) is 9.37 Å². The van der Waals surface area contributed by atoms with E-state index in [1.165, 1.54) is 22.9 Å². The average molecular weight is 394 g/mol. The number of hydrogen-bond acceptors (Lipinski definition) is 4. The van der Waals surface area contributed by atoms with E-state index >= 15 is 0 Å². The summed E-state index contributed by atoms with van der Waals surface area (Å²) in [6.45, 7) is 3.64. The molecule has 29 heavy (non-hydrogen) atoms. The number of benzene rings is 2. The number of fused-ring (bicyclic) bond motifs is 1. The maximum Gasteiger partial charge on any atom is 0.269 e. The molecule has 1 fully saturated rings. The molecule has 1 aliphatic rings. The molecule has 0 radical (unpaired) electrons. The lowest BCUT2D eigenvalue weighted by Crippen LogP contribution is -2.39. The average Bonchev–Trinajstić information content (AvgIpc) is 2.97. The van der Waals surface area contributed by atoms with Gasteiger partial charge in [0.05, 0.1) is 17.2 Å². The predicted octanol–water partition coefficient (Wildman–Crippen LogP) is 2.27. The number of halogens is 1. The number of amides is 1. The van der Waals surface area contributed by atoms with Crippen molar-refractivity contribution in [3.8, 4) is 0 Å². The first-order valence-corrected chi connectivity index (χ1v) is 9.79. The molecule has 0 N–H and O–H groups in total. The lowest BCUT2D eigenvalue weighted by atomic mass is 10.2. The first-order chi connectivity index (χ1) is 14.1. The number of carbonyl (C=O) groups excluding carboxylic acids is 1. The molecule has 1 aromatic heterocycles. The lowest BCUT2D eigenvalue weighted by molar-refractivity contribution is -0.131. The zero-order valence-corrected chi connectivity index (χ0v) is 16.1. The third kappa shape index (κ3) is 4.51. The Morgan fingerprint density at radius 2 is 1.79 bits per heavy atom. The molecule has 6 nitrogen and oxygen atoms in total. The van der Waals surface area contributed by atoms with Gasteiger partial charge in [-0.05, 0) is 36.2 Å². The van der Waals surface area contributed by atoms with E-state index in [2.05, 4.69) is 9.88 Å². The standard InChI is InChI=1S/C22H23FN4O2/c23-18-8-6-17(7-9-18)15-25-10-3-11-26(13-12-25)22(29)16-27-20-5-2-1-4-19(20)24-14-21(27)28/h1-2,4-9,14H,3,10-13,15-16H2. The summed E-state index contributed by atoms with van der Waals surface area (Å²) in [5.41, 5.74) is 2.15. The van der Waals surface area contributed by atoms with E-state index in [9.17, 15) is 14.0 Å². The third-order valence-corrected chi connectivity index (χ3v) is 5.31. The molecule has 7 heteroatoms. The minimum Gasteiger partial charge on any atom is -0.340 e. The number of para-hydroxylation sites is 2. The Morgan fingerprint density at radius 3 is 2.62 bits per heavy atom. The summed E-state index contributed by atoms with van der Waals surface area (Å²) in [5, 5.41) is 0. The summed E-state index contributed by atoms with van der Waals surface area (Å²) >= 11 is 0. The van der Waals surface area contributed by atoms with Crippen LogP contribution < -0.4 is 5.56 Å². The number of aromatic nitrogens is 2. The Kier molecular flexibility index (Phi) is 5.67. The van der Waals surface area contributed by atoms with Crippen LogP contribution in [0.25, 0.3) is 11.0 Å². The quantitative estimate of drug-likeness (QED) is 0.681. The molecule has 0 spiro atoms. The van der Waals surface area contributed by atoms with Crippen molar-refractivity contribution in [1.29, 1.82) is 0 Å². The highest BCUT2D eigenvalue weighted by molar-refractivity contribution is 5.80. The molecule has 1 saturated heterocycles. The van der Waals surface area contributed by atoms with Crippen LogP contribution in [0, 0.1) is 5.82 Å². The van der Waals surface area contributed by atoms with Crippen molar-refractivity contribution < 1.29 is 9.18 Å². The molecule has 3 aromatic rings. The topological polar surface area (TPSA) is 58.4 Å². The zero-order valence-electron chi connectivity index (χ0n) is 16.1. The summed E-state index contributed by atoms with van der Waals surface area (Å²) in [6.07, 6.45) is 2.13. The summed E-state index contributed by atoms with van der Waals surface area (Å²) < 4.78 is 14.6. The van der Waals surface area contributed by atoms with E-state index in [4.69, 9.17) is 0 Å². The van der Waals surface area contributed by atoms with Gasteiger partial charge in [0.1, 0.15) is 12.4 Å². The molecule has 2 aromatic carbocycles. The fourth-order valence-corrected chi connectivity index (χ4v) is 3.74. The van der Waals surface area contributed by atoms with E-state index in [-0.39, 0.29) is 23.8 Å². The van der Waals surface area contributed by atoms with Gasteiger partial charge < -0.3 is 4.90 Å². The molecule has 0 unspecified atom stereocenters. The molecule has 0 bridgehead atoms. The molecule has 150 valence electrons. The Hall–Kier alpha value is -3.06. The van der Waals surface area contributed by atoms with Crippen LogP contribution in [0.2, 0.25) is 0 Å². The zero-order chi connectivity index (χ0) is 20.2. The first-order valence-electron chi connectivity index (χ1n) is 9.79. The SMILES string of the molecule is O=C(Cn1c(=O)cnc2ccccc21)N1CCCN(Cc2ccc(F)cc2)CC1. The van der Waals surface area contributed by atoms with Crippen LogP contribution in [0.15, 0.2) is 59.5 Å². The molecule has 4 rings (SSSR count). The molecule has 0 saturated carbocycles. The molecular formula is C22H23FN4O2. The van der Waals surface area contributed by atoms with Crippen molar-refractivity contribution in [2.45, 2.75) is 19.5 Å². The van der Waals surface area contributed by atoms with Gasteiger partial charge in [-0.15, -0.1) is 0 Å². The fourth-order valence-electron chi connectivity index (χ4n) is 3.74. The molecule has 0 atom stereocenters. The Morgan fingerprint density at radius 1 is 1.00 bits per heavy atom. The van der Waals surface area contributed by atoms with Crippen molar-refractivity contribution >= 4 is 16.9 Å². The highest BCUT2D eigenvalue weighted by Gasteiger charge is 2.20. The van der Waals surface area contributed by atoms with Gasteiger partial charge in [0.15, 0.2) is 0 Å². The van der Waals surface area contributed by atoms with Crippen LogP contribution in [0.3, 0.4) is 0 Å². The highest BCUT2D eigenvalue weighted by atomic mass is 19.1. The smallest absolute Gasteiger partial charge is 0.269 e. The summed E-state index contributed by atoms with van der Waals surface area (Å²) in [4.78, 5) is 33.4. The Labute approximate surface area is 168 Å². The van der Waals surface area contributed by atoms with Crippen molar-refractivity contribution in [1.82, 2.24) is 19.4 Å². The fraction of sp³-hybridized carbons (Fsp3) is 0.318. The van der Waals surface area contributed by atoms with Gasteiger partial charge in [-0.1, -0.05) is 24.3 Å².